The molecule has 0 radical (unpaired) electrons. The Balaban J connectivity index is 2.42. The Bertz CT molecular complexity index is 997. The second-order valence-electron chi connectivity index (χ2n) is 5.09. The molecule has 13 heteroatoms. The van der Waals surface area contributed by atoms with Crippen molar-refractivity contribution in [2.45, 2.75) is 11.1 Å². The van der Waals surface area contributed by atoms with Crippen molar-refractivity contribution in [2.75, 3.05) is 6.26 Å². The van der Waals surface area contributed by atoms with Gasteiger partial charge >= 0.3 is 12.1 Å². The van der Waals surface area contributed by atoms with Gasteiger partial charge in [-0.2, -0.15) is 18.3 Å². The number of carbonyl (C=O) groups excluding carboxylic acids is 1. The molecule has 0 aliphatic heterocycles. The molecule has 0 aliphatic rings. The molecule has 0 unspecified atom stereocenters. The fourth-order valence-corrected chi connectivity index (χ4v) is 2.54. The lowest BCUT2D eigenvalue weighted by atomic mass is 10.2. The van der Waals surface area contributed by atoms with E-state index in [0.29, 0.717) is 16.8 Å². The number of aromatic nitrogens is 2. The predicted octanol–water partition coefficient (Wildman–Crippen LogP) is 1.97. The summed E-state index contributed by atoms with van der Waals surface area (Å²) in [6.07, 6.45) is -3.95. The van der Waals surface area contributed by atoms with Crippen molar-refractivity contribution in [3.05, 3.63) is 45.6 Å². The summed E-state index contributed by atoms with van der Waals surface area (Å²) in [7, 11) is -2.69. The minimum Gasteiger partial charge on any atom is -0.404 e. The lowest BCUT2D eigenvalue weighted by Gasteiger charge is -2.06. The van der Waals surface area contributed by atoms with Crippen molar-refractivity contribution in [1.29, 1.82) is 0 Å². The van der Waals surface area contributed by atoms with Crippen molar-refractivity contribution >= 4 is 21.5 Å². The molecule has 9 nitrogen and oxygen atoms in total. The van der Waals surface area contributed by atoms with E-state index in [-0.39, 0.29) is 0 Å². The zero-order chi connectivity index (χ0) is 19.9. The van der Waals surface area contributed by atoms with Gasteiger partial charge < -0.3 is 4.74 Å². The van der Waals surface area contributed by atoms with Crippen LogP contribution in [0.3, 0.4) is 0 Å². The van der Waals surface area contributed by atoms with Crippen LogP contribution in [-0.4, -0.2) is 35.3 Å². The minimum absolute atomic E-state index is 0.402. The number of ether oxygens (including phenoxy) is 1. The van der Waals surface area contributed by atoms with E-state index in [1.165, 1.54) is 0 Å². The highest BCUT2D eigenvalue weighted by atomic mass is 32.2. The molecule has 0 amide bonds. The van der Waals surface area contributed by atoms with E-state index in [1.807, 2.05) is 0 Å². The van der Waals surface area contributed by atoms with Crippen molar-refractivity contribution < 1.29 is 36.0 Å². The highest BCUT2D eigenvalue weighted by molar-refractivity contribution is 7.90. The number of esters is 1. The number of sulfone groups is 1. The van der Waals surface area contributed by atoms with Gasteiger partial charge in [-0.05, 0) is 12.1 Å². The van der Waals surface area contributed by atoms with Crippen LogP contribution in [0.5, 0.6) is 5.88 Å². The summed E-state index contributed by atoms with van der Waals surface area (Å²) in [6, 6.07) is 2.91. The van der Waals surface area contributed by atoms with E-state index in [9.17, 15) is 36.5 Å². The second-order valence-corrected chi connectivity index (χ2v) is 7.10. The fourth-order valence-electron chi connectivity index (χ4n) is 1.90. The van der Waals surface area contributed by atoms with Gasteiger partial charge in [-0.15, -0.1) is 0 Å². The molecule has 140 valence electrons. The van der Waals surface area contributed by atoms with Gasteiger partial charge in [0.05, 0.1) is 9.82 Å². The summed E-state index contributed by atoms with van der Waals surface area (Å²) >= 11 is 0. The Morgan fingerprint density at radius 3 is 2.38 bits per heavy atom. The number of rotatable bonds is 4. The first-order valence-electron chi connectivity index (χ1n) is 6.62. The summed E-state index contributed by atoms with van der Waals surface area (Å²) in [4.78, 5) is 21.8. The molecule has 26 heavy (non-hydrogen) atoms. The van der Waals surface area contributed by atoms with E-state index in [0.717, 1.165) is 25.4 Å². The Kier molecular flexibility index (Phi) is 4.77. The molecule has 0 aliphatic carbocycles. The van der Waals surface area contributed by atoms with E-state index >= 15 is 0 Å². The maximum atomic E-state index is 12.6. The summed E-state index contributed by atoms with van der Waals surface area (Å²) in [5.41, 5.74) is -2.81. The zero-order valence-corrected chi connectivity index (χ0v) is 14.0. The number of halogens is 3. The number of nitro benzene ring substituents is 1. The quantitative estimate of drug-likeness (QED) is 0.442. The predicted molar refractivity (Wildman–Crippen MR) is 79.4 cm³/mol. The molecule has 0 N–H and O–H groups in total. The lowest BCUT2D eigenvalue weighted by Crippen LogP contribution is -2.13. The molecule has 0 atom stereocenters. The molecule has 1 aromatic heterocycles. The average molecular weight is 393 g/mol. The zero-order valence-electron chi connectivity index (χ0n) is 13.1. The third kappa shape index (κ3) is 3.99. The van der Waals surface area contributed by atoms with Crippen molar-refractivity contribution in [3.8, 4) is 5.88 Å². The number of aryl methyl sites for hydroxylation is 1. The second kappa shape index (κ2) is 6.40. The number of hydrogen-bond acceptors (Lipinski definition) is 7. The van der Waals surface area contributed by atoms with Crippen LogP contribution in [-0.2, 0) is 23.1 Å². The molecule has 1 aromatic carbocycles. The van der Waals surface area contributed by atoms with Crippen molar-refractivity contribution in [3.63, 3.8) is 0 Å². The molecule has 0 saturated heterocycles. The van der Waals surface area contributed by atoms with Crippen LogP contribution >= 0.6 is 0 Å². The smallest absolute Gasteiger partial charge is 0.404 e. The van der Waals surface area contributed by atoms with Crippen LogP contribution in [0.1, 0.15) is 16.1 Å². The maximum absolute atomic E-state index is 12.6. The molecule has 0 fully saturated rings. The molecule has 2 rings (SSSR count). The number of alkyl halides is 3. The molecule has 1 heterocycles. The van der Waals surface area contributed by atoms with E-state index in [2.05, 4.69) is 5.10 Å². The highest BCUT2D eigenvalue weighted by Crippen LogP contribution is 2.31. The third-order valence-corrected chi connectivity index (χ3v) is 4.25. The van der Waals surface area contributed by atoms with Crippen molar-refractivity contribution in [2.24, 2.45) is 7.05 Å². The van der Waals surface area contributed by atoms with Crippen LogP contribution in [0.25, 0.3) is 0 Å². The summed E-state index contributed by atoms with van der Waals surface area (Å²) in [5, 5.41) is 14.2. The third-order valence-electron chi connectivity index (χ3n) is 3.14. The number of benzene rings is 1. The van der Waals surface area contributed by atoms with Crippen LogP contribution in [0, 0.1) is 10.1 Å². The fraction of sp³-hybridized carbons (Fsp3) is 0.231. The molecule has 0 bridgehead atoms. The Labute approximate surface area is 144 Å². The molecular weight excluding hydrogens is 383 g/mol. The maximum Gasteiger partial charge on any atom is 0.435 e. The van der Waals surface area contributed by atoms with Gasteiger partial charge in [0.2, 0.25) is 5.88 Å². The molecule has 0 spiro atoms. The SMILES string of the molecule is Cn1nc(C(F)(F)F)cc1OC(=O)c1ccc(S(C)(=O)=O)cc1[N+](=O)[O-]. The first-order chi connectivity index (χ1) is 11.8. The van der Waals surface area contributed by atoms with Crippen LogP contribution in [0.15, 0.2) is 29.2 Å². The summed E-state index contributed by atoms with van der Waals surface area (Å²) < 4.78 is 66.1. The average Bonchev–Trinajstić information content (AvgIpc) is 2.86. The first kappa shape index (κ1) is 19.4. The van der Waals surface area contributed by atoms with Gasteiger partial charge in [-0.25, -0.2) is 17.9 Å². The number of nitro groups is 1. The Morgan fingerprint density at radius 2 is 1.92 bits per heavy atom. The van der Waals surface area contributed by atoms with Crippen LogP contribution < -0.4 is 4.74 Å². The monoisotopic (exact) mass is 393 g/mol. The highest BCUT2D eigenvalue weighted by Gasteiger charge is 2.35. The van der Waals surface area contributed by atoms with E-state index < -0.39 is 54.6 Å². The largest absolute Gasteiger partial charge is 0.435 e. The van der Waals surface area contributed by atoms with Crippen LogP contribution in [0.2, 0.25) is 0 Å². The van der Waals surface area contributed by atoms with E-state index in [4.69, 9.17) is 4.74 Å². The normalized spacial score (nSPS) is 12.0. The van der Waals surface area contributed by atoms with Gasteiger partial charge in [0.25, 0.3) is 5.69 Å². The molecule has 2 aromatic rings. The van der Waals surface area contributed by atoms with E-state index in [1.54, 1.807) is 0 Å². The number of nitrogens with zero attached hydrogens (tertiary/aromatic N) is 3. The Hall–Kier alpha value is -2.96. The number of hydrogen-bond donors (Lipinski definition) is 0. The van der Waals surface area contributed by atoms with Gasteiger partial charge in [-0.3, -0.25) is 10.1 Å². The van der Waals surface area contributed by atoms with Gasteiger partial charge in [0, 0.05) is 25.4 Å². The number of carbonyl (C=O) groups is 1. The minimum atomic E-state index is -4.77. The molecular formula is C13H10F3N3O6S. The Morgan fingerprint density at radius 1 is 1.31 bits per heavy atom. The molecule has 0 saturated carbocycles. The van der Waals surface area contributed by atoms with Gasteiger partial charge in [0.1, 0.15) is 5.56 Å². The van der Waals surface area contributed by atoms with Crippen LogP contribution in [0.4, 0.5) is 18.9 Å². The standard InChI is InChI=1S/C13H10F3N3O6S/c1-18-11(6-10(17-18)13(14,15)16)25-12(20)8-4-3-7(26(2,23)24)5-9(8)19(21)22/h3-6H,1-2H3. The van der Waals surface area contributed by atoms with Crippen molar-refractivity contribution in [1.82, 2.24) is 9.78 Å². The summed E-state index contributed by atoms with van der Waals surface area (Å²) in [5.74, 6) is -1.93. The first-order valence-corrected chi connectivity index (χ1v) is 8.52. The van der Waals surface area contributed by atoms with Gasteiger partial charge in [-0.1, -0.05) is 0 Å². The summed E-state index contributed by atoms with van der Waals surface area (Å²) in [6.45, 7) is 0. The van der Waals surface area contributed by atoms with Gasteiger partial charge in [0.15, 0.2) is 15.5 Å². The lowest BCUT2D eigenvalue weighted by molar-refractivity contribution is -0.385. The topological polar surface area (TPSA) is 121 Å².